The van der Waals surface area contributed by atoms with E-state index in [1.807, 2.05) is 18.2 Å². The third kappa shape index (κ3) is 2.03. The van der Waals surface area contributed by atoms with Crippen molar-refractivity contribution in [2.24, 2.45) is 0 Å². The molecule has 0 fully saturated rings. The first kappa shape index (κ1) is 11.3. The quantitative estimate of drug-likeness (QED) is 0.844. The summed E-state index contributed by atoms with van der Waals surface area (Å²) in [6.07, 6.45) is 0.351. The molecule has 2 aromatic rings. The van der Waals surface area contributed by atoms with Gasteiger partial charge in [-0.2, -0.15) is 0 Å². The molecule has 6 heteroatoms. The Hall–Kier alpha value is -2.76. The number of hydrogen-bond acceptors (Lipinski definition) is 4. The standard InChI is InChI=1S/C13H9N3O3/c17-12-6-8-5-7(1-2-9(8)14-12)10-3-4-11(13(18)19)16-15-10/h1-5H,6H2,(H,14,17)(H,18,19). The number of amides is 1. The average molecular weight is 255 g/mol. The lowest BCUT2D eigenvalue weighted by Gasteiger charge is -2.03. The Morgan fingerprint density at radius 3 is 2.74 bits per heavy atom. The monoisotopic (exact) mass is 255 g/mol. The zero-order chi connectivity index (χ0) is 13.4. The molecule has 0 bridgehead atoms. The number of nitrogens with one attached hydrogen (secondary N) is 1. The fourth-order valence-electron chi connectivity index (χ4n) is 1.99. The van der Waals surface area contributed by atoms with E-state index in [0.717, 1.165) is 16.8 Å². The largest absolute Gasteiger partial charge is 0.476 e. The minimum absolute atomic E-state index is 0.0283. The third-order valence-corrected chi connectivity index (χ3v) is 2.91. The number of carboxylic acid groups (broad SMARTS) is 1. The number of carbonyl (C=O) groups excluding carboxylic acids is 1. The van der Waals surface area contributed by atoms with Gasteiger partial charge in [0.1, 0.15) is 0 Å². The molecule has 1 aliphatic heterocycles. The third-order valence-electron chi connectivity index (χ3n) is 2.91. The number of fused-ring (bicyclic) bond motifs is 1. The lowest BCUT2D eigenvalue weighted by atomic mass is 10.1. The molecule has 19 heavy (non-hydrogen) atoms. The molecule has 0 aliphatic carbocycles. The van der Waals surface area contributed by atoms with Gasteiger partial charge in [-0.15, -0.1) is 10.2 Å². The first-order valence-corrected chi connectivity index (χ1v) is 5.63. The fourth-order valence-corrected chi connectivity index (χ4v) is 1.99. The van der Waals surface area contributed by atoms with E-state index in [-0.39, 0.29) is 11.6 Å². The normalized spacial score (nSPS) is 12.9. The van der Waals surface area contributed by atoms with Crippen molar-refractivity contribution in [2.45, 2.75) is 6.42 Å². The van der Waals surface area contributed by atoms with Crippen LogP contribution in [-0.4, -0.2) is 27.2 Å². The van der Waals surface area contributed by atoms with Crippen LogP contribution in [0.3, 0.4) is 0 Å². The Bertz CT molecular complexity index is 680. The zero-order valence-corrected chi connectivity index (χ0v) is 9.75. The summed E-state index contributed by atoms with van der Waals surface area (Å²) in [7, 11) is 0. The average Bonchev–Trinajstić information content (AvgIpc) is 2.77. The molecule has 6 nitrogen and oxygen atoms in total. The summed E-state index contributed by atoms with van der Waals surface area (Å²) in [5.41, 5.74) is 3.00. The van der Waals surface area contributed by atoms with Gasteiger partial charge in [-0.05, 0) is 29.8 Å². The second kappa shape index (κ2) is 4.16. The molecule has 2 heterocycles. The van der Waals surface area contributed by atoms with Gasteiger partial charge < -0.3 is 10.4 Å². The van der Waals surface area contributed by atoms with Crippen molar-refractivity contribution in [2.75, 3.05) is 5.32 Å². The molecular formula is C13H9N3O3. The number of hydrogen-bond donors (Lipinski definition) is 2. The molecule has 3 rings (SSSR count). The molecule has 1 aliphatic rings. The van der Waals surface area contributed by atoms with Gasteiger partial charge in [0.05, 0.1) is 12.1 Å². The van der Waals surface area contributed by atoms with Gasteiger partial charge in [-0.1, -0.05) is 6.07 Å². The van der Waals surface area contributed by atoms with E-state index >= 15 is 0 Å². The van der Waals surface area contributed by atoms with Gasteiger partial charge >= 0.3 is 5.97 Å². The molecule has 1 aromatic heterocycles. The number of carboxylic acids is 1. The maximum atomic E-state index is 11.3. The maximum absolute atomic E-state index is 11.3. The van der Waals surface area contributed by atoms with Crippen molar-refractivity contribution in [1.29, 1.82) is 0 Å². The summed E-state index contributed by atoms with van der Waals surface area (Å²) in [4.78, 5) is 22.0. The van der Waals surface area contributed by atoms with Gasteiger partial charge in [-0.3, -0.25) is 4.79 Å². The number of aromatic carboxylic acids is 1. The van der Waals surface area contributed by atoms with Crippen LogP contribution in [0.4, 0.5) is 5.69 Å². The van der Waals surface area contributed by atoms with E-state index in [1.54, 1.807) is 6.07 Å². The first-order valence-electron chi connectivity index (χ1n) is 5.63. The Morgan fingerprint density at radius 1 is 1.21 bits per heavy atom. The van der Waals surface area contributed by atoms with E-state index in [0.29, 0.717) is 12.1 Å². The van der Waals surface area contributed by atoms with Crippen LogP contribution in [0.5, 0.6) is 0 Å². The van der Waals surface area contributed by atoms with E-state index in [2.05, 4.69) is 15.5 Å². The van der Waals surface area contributed by atoms with Crippen LogP contribution >= 0.6 is 0 Å². The van der Waals surface area contributed by atoms with E-state index in [4.69, 9.17) is 5.11 Å². The molecule has 0 radical (unpaired) electrons. The Morgan fingerprint density at radius 2 is 2.05 bits per heavy atom. The molecule has 0 spiro atoms. The van der Waals surface area contributed by atoms with Crippen molar-refractivity contribution in [1.82, 2.24) is 10.2 Å². The molecular weight excluding hydrogens is 246 g/mol. The Balaban J connectivity index is 1.97. The second-order valence-corrected chi connectivity index (χ2v) is 4.21. The second-order valence-electron chi connectivity index (χ2n) is 4.21. The molecule has 1 aromatic carbocycles. The Labute approximate surface area is 108 Å². The first-order chi connectivity index (χ1) is 9.13. The topological polar surface area (TPSA) is 92.2 Å². The molecule has 0 atom stereocenters. The van der Waals surface area contributed by atoms with Crippen molar-refractivity contribution >= 4 is 17.6 Å². The molecule has 0 saturated heterocycles. The SMILES string of the molecule is O=C1Cc2cc(-c3ccc(C(=O)O)nn3)ccc2N1. The molecule has 0 saturated carbocycles. The van der Waals surface area contributed by atoms with Crippen LogP contribution in [0.1, 0.15) is 16.1 Å². The van der Waals surface area contributed by atoms with E-state index < -0.39 is 5.97 Å². The van der Waals surface area contributed by atoms with Gasteiger partial charge in [0.2, 0.25) is 5.91 Å². The summed E-state index contributed by atoms with van der Waals surface area (Å²) in [5.74, 6) is -1.14. The maximum Gasteiger partial charge on any atom is 0.356 e. The van der Waals surface area contributed by atoms with Crippen LogP contribution in [0, 0.1) is 0 Å². The highest BCUT2D eigenvalue weighted by atomic mass is 16.4. The minimum Gasteiger partial charge on any atom is -0.476 e. The number of aromatic nitrogens is 2. The van der Waals surface area contributed by atoms with Gasteiger partial charge in [0.15, 0.2) is 5.69 Å². The number of benzene rings is 1. The predicted molar refractivity (Wildman–Crippen MR) is 66.8 cm³/mol. The molecule has 94 valence electrons. The molecule has 0 unspecified atom stereocenters. The van der Waals surface area contributed by atoms with Crippen molar-refractivity contribution < 1.29 is 14.7 Å². The zero-order valence-electron chi connectivity index (χ0n) is 9.75. The van der Waals surface area contributed by atoms with Crippen LogP contribution in [-0.2, 0) is 11.2 Å². The summed E-state index contributed by atoms with van der Waals surface area (Å²) < 4.78 is 0. The summed E-state index contributed by atoms with van der Waals surface area (Å²) in [5, 5.41) is 19.0. The Kier molecular flexibility index (Phi) is 2.49. The summed E-state index contributed by atoms with van der Waals surface area (Å²) in [6.45, 7) is 0. The minimum atomic E-state index is -1.11. The van der Waals surface area contributed by atoms with E-state index in [9.17, 15) is 9.59 Å². The van der Waals surface area contributed by atoms with Crippen molar-refractivity contribution in [3.63, 3.8) is 0 Å². The van der Waals surface area contributed by atoms with Gasteiger partial charge in [-0.25, -0.2) is 4.79 Å². The smallest absolute Gasteiger partial charge is 0.356 e. The summed E-state index contributed by atoms with van der Waals surface area (Å²) in [6, 6.07) is 8.48. The van der Waals surface area contributed by atoms with Gasteiger partial charge in [0, 0.05) is 11.3 Å². The van der Waals surface area contributed by atoms with Crippen LogP contribution in [0.2, 0.25) is 0 Å². The fraction of sp³-hybridized carbons (Fsp3) is 0.0769. The highest BCUT2D eigenvalue weighted by Gasteiger charge is 2.18. The molecule has 1 amide bonds. The van der Waals surface area contributed by atoms with Crippen molar-refractivity contribution in [3.05, 3.63) is 41.6 Å². The molecule has 2 N–H and O–H groups in total. The van der Waals surface area contributed by atoms with E-state index in [1.165, 1.54) is 6.07 Å². The van der Waals surface area contributed by atoms with Crippen LogP contribution in [0.25, 0.3) is 11.3 Å². The van der Waals surface area contributed by atoms with Crippen LogP contribution < -0.4 is 5.32 Å². The van der Waals surface area contributed by atoms with Crippen molar-refractivity contribution in [3.8, 4) is 11.3 Å². The lowest BCUT2D eigenvalue weighted by molar-refractivity contribution is -0.115. The lowest BCUT2D eigenvalue weighted by Crippen LogP contribution is -2.03. The highest BCUT2D eigenvalue weighted by Crippen LogP contribution is 2.27. The number of nitrogens with zero attached hydrogens (tertiary/aromatic N) is 2. The van der Waals surface area contributed by atoms with Gasteiger partial charge in [0.25, 0.3) is 0 Å². The van der Waals surface area contributed by atoms with Crippen LogP contribution in [0.15, 0.2) is 30.3 Å². The highest BCUT2D eigenvalue weighted by molar-refractivity contribution is 5.99. The number of anilines is 1. The summed E-state index contributed by atoms with van der Waals surface area (Å²) >= 11 is 0. The predicted octanol–water partition coefficient (Wildman–Crippen LogP) is 1.34. The number of rotatable bonds is 2. The number of carbonyl (C=O) groups is 2.